The van der Waals surface area contributed by atoms with Crippen LogP contribution in [-0.2, 0) is 0 Å². The zero-order valence-electron chi connectivity index (χ0n) is 30.2. The van der Waals surface area contributed by atoms with Crippen molar-refractivity contribution < 1.29 is 4.42 Å². The molecule has 0 radical (unpaired) electrons. The average molecular weight is 733 g/mol. The number of nitrogens with zero attached hydrogens (tertiary/aromatic N) is 2. The third kappa shape index (κ3) is 4.70. The first-order valence-corrected chi connectivity index (χ1v) is 19.8. The van der Waals surface area contributed by atoms with E-state index in [1.54, 1.807) is 0 Å². The van der Waals surface area contributed by atoms with Crippen molar-refractivity contribution in [3.05, 3.63) is 194 Å². The van der Waals surface area contributed by atoms with E-state index in [0.29, 0.717) is 0 Å². The van der Waals surface area contributed by atoms with Crippen molar-refractivity contribution in [2.75, 3.05) is 4.90 Å². The summed E-state index contributed by atoms with van der Waals surface area (Å²) in [5.74, 6) is 0. The summed E-state index contributed by atoms with van der Waals surface area (Å²) in [5.41, 5.74) is 10.7. The molecule has 0 atom stereocenters. The first-order valence-electron chi connectivity index (χ1n) is 19.0. The van der Waals surface area contributed by atoms with Crippen LogP contribution in [-0.4, -0.2) is 4.57 Å². The molecule has 0 saturated carbocycles. The number of fused-ring (bicyclic) bond motifs is 11. The van der Waals surface area contributed by atoms with Gasteiger partial charge in [-0.15, -0.1) is 11.3 Å². The second-order valence-electron chi connectivity index (χ2n) is 14.5. The molecule has 0 aliphatic heterocycles. The van der Waals surface area contributed by atoms with Crippen molar-refractivity contribution >= 4 is 103 Å². The predicted molar refractivity (Wildman–Crippen MR) is 239 cm³/mol. The van der Waals surface area contributed by atoms with E-state index in [1.807, 2.05) is 11.3 Å². The van der Waals surface area contributed by atoms with Crippen molar-refractivity contribution in [2.45, 2.75) is 0 Å². The van der Waals surface area contributed by atoms with Crippen LogP contribution in [0.1, 0.15) is 0 Å². The summed E-state index contributed by atoms with van der Waals surface area (Å²) >= 11 is 1.84. The Morgan fingerprint density at radius 3 is 2.02 bits per heavy atom. The van der Waals surface area contributed by atoms with Crippen molar-refractivity contribution in [1.29, 1.82) is 0 Å². The topological polar surface area (TPSA) is 21.3 Å². The Hall–Kier alpha value is -7.14. The molecule has 0 aliphatic rings. The molecule has 0 fully saturated rings. The van der Waals surface area contributed by atoms with Gasteiger partial charge in [0.2, 0.25) is 0 Å². The van der Waals surface area contributed by atoms with Gasteiger partial charge in [0.25, 0.3) is 0 Å². The molecule has 262 valence electrons. The fourth-order valence-electron chi connectivity index (χ4n) is 8.80. The van der Waals surface area contributed by atoms with Crippen LogP contribution < -0.4 is 4.90 Å². The minimum absolute atomic E-state index is 0.863. The van der Waals surface area contributed by atoms with Gasteiger partial charge in [-0.2, -0.15) is 0 Å². The van der Waals surface area contributed by atoms with Crippen LogP contribution in [0.15, 0.2) is 199 Å². The van der Waals surface area contributed by atoms with Gasteiger partial charge < -0.3 is 13.9 Å². The first kappa shape index (κ1) is 31.2. The Bertz CT molecular complexity index is 3480. The van der Waals surface area contributed by atoms with Crippen molar-refractivity contribution in [1.82, 2.24) is 4.57 Å². The van der Waals surface area contributed by atoms with Crippen LogP contribution in [0, 0.1) is 0 Å². The van der Waals surface area contributed by atoms with Gasteiger partial charge in [0.1, 0.15) is 5.58 Å². The van der Waals surface area contributed by atoms with Crippen molar-refractivity contribution in [3.8, 4) is 16.8 Å². The fraction of sp³-hybridized carbons (Fsp3) is 0. The maximum absolute atomic E-state index is 6.82. The highest BCUT2D eigenvalue weighted by Crippen LogP contribution is 2.47. The summed E-state index contributed by atoms with van der Waals surface area (Å²) in [7, 11) is 0. The first-order chi connectivity index (χ1) is 27.8. The summed E-state index contributed by atoms with van der Waals surface area (Å²) in [6.45, 7) is 0. The summed E-state index contributed by atoms with van der Waals surface area (Å²) in [4.78, 5) is 2.37. The van der Waals surface area contributed by atoms with E-state index in [1.165, 1.54) is 52.8 Å². The molecule has 3 nitrogen and oxygen atoms in total. The molecule has 0 bridgehead atoms. The van der Waals surface area contributed by atoms with Gasteiger partial charge in [-0.05, 0) is 95.4 Å². The number of hydrogen-bond acceptors (Lipinski definition) is 3. The SMILES string of the molecule is c1ccc(N(c2ccc3sc4ccccc4c3c2)c2cc(-c3ccc4c(c3)c3ccc5ccccc5c3n4-c3ccccc3)cc3c2oc2ccccc23)cc1. The number of aromatic nitrogens is 1. The fourth-order valence-corrected chi connectivity index (χ4v) is 9.89. The standard InChI is InChI=1S/C52H32N2OS/c1-3-14-36(15-4-1)53(38-25-28-50-44(32-38)41-20-10-12-22-49(41)56-50)47-31-35(30-45-40-19-9-11-21-48(40)55-52(45)47)34-24-27-46-43(29-34)42-26-23-33-13-7-8-18-39(33)51(42)54(46)37-16-5-2-6-17-37/h1-32H. The highest BCUT2D eigenvalue weighted by Gasteiger charge is 2.23. The van der Waals surface area contributed by atoms with Crippen molar-refractivity contribution in [3.63, 3.8) is 0 Å². The molecule has 3 heterocycles. The normalized spacial score (nSPS) is 11.9. The van der Waals surface area contributed by atoms with Gasteiger partial charge >= 0.3 is 0 Å². The summed E-state index contributed by atoms with van der Waals surface area (Å²) in [6.07, 6.45) is 0. The third-order valence-corrected chi connectivity index (χ3v) is 12.5. The van der Waals surface area contributed by atoms with Gasteiger partial charge in [-0.3, -0.25) is 0 Å². The van der Waals surface area contributed by atoms with Gasteiger partial charge in [0.05, 0.1) is 16.7 Å². The minimum atomic E-state index is 0.863. The number of para-hydroxylation sites is 3. The van der Waals surface area contributed by atoms with Crippen LogP contribution in [0.25, 0.3) is 91.5 Å². The molecule has 4 heteroatoms. The smallest absolute Gasteiger partial charge is 0.159 e. The van der Waals surface area contributed by atoms with Crippen LogP contribution in [0.5, 0.6) is 0 Å². The highest BCUT2D eigenvalue weighted by atomic mass is 32.1. The Kier molecular flexibility index (Phi) is 6.80. The zero-order chi connectivity index (χ0) is 36.7. The number of furan rings is 1. The van der Waals surface area contributed by atoms with Crippen LogP contribution in [0.4, 0.5) is 17.1 Å². The number of thiophene rings is 1. The summed E-state index contributed by atoms with van der Waals surface area (Å²) in [6, 6.07) is 70.2. The number of benzene rings is 9. The van der Waals surface area contributed by atoms with Gasteiger partial charge in [0, 0.05) is 64.2 Å². The van der Waals surface area contributed by atoms with Crippen molar-refractivity contribution in [2.24, 2.45) is 0 Å². The molecule has 12 rings (SSSR count). The molecule has 56 heavy (non-hydrogen) atoms. The maximum atomic E-state index is 6.82. The molecule has 3 aromatic heterocycles. The van der Waals surface area contributed by atoms with Crippen LogP contribution in [0.3, 0.4) is 0 Å². The van der Waals surface area contributed by atoms with Gasteiger partial charge in [0.15, 0.2) is 5.58 Å². The predicted octanol–water partition coefficient (Wildman–Crippen LogP) is 15.3. The van der Waals surface area contributed by atoms with E-state index in [4.69, 9.17) is 4.42 Å². The second-order valence-corrected chi connectivity index (χ2v) is 15.6. The minimum Gasteiger partial charge on any atom is -0.454 e. The van der Waals surface area contributed by atoms with Crippen LogP contribution >= 0.6 is 11.3 Å². The summed E-state index contributed by atoms with van der Waals surface area (Å²) in [5, 5.41) is 9.67. The van der Waals surface area contributed by atoms with E-state index >= 15 is 0 Å². The largest absolute Gasteiger partial charge is 0.454 e. The maximum Gasteiger partial charge on any atom is 0.159 e. The molecule has 0 N–H and O–H groups in total. The average Bonchev–Trinajstić information content (AvgIpc) is 3.94. The molecule has 0 aliphatic carbocycles. The Morgan fingerprint density at radius 1 is 0.429 bits per heavy atom. The van der Waals surface area contributed by atoms with E-state index in [2.05, 4.69) is 204 Å². The Labute approximate surface area is 326 Å². The molecular weight excluding hydrogens is 701 g/mol. The van der Waals surface area contributed by atoms with E-state index < -0.39 is 0 Å². The molecule has 0 unspecified atom stereocenters. The van der Waals surface area contributed by atoms with E-state index in [-0.39, 0.29) is 0 Å². The molecule has 12 aromatic rings. The molecule has 0 saturated heterocycles. The number of hydrogen-bond donors (Lipinski definition) is 0. The van der Waals surface area contributed by atoms with E-state index in [9.17, 15) is 0 Å². The van der Waals surface area contributed by atoms with Gasteiger partial charge in [-0.1, -0.05) is 115 Å². The van der Waals surface area contributed by atoms with Crippen LogP contribution in [0.2, 0.25) is 0 Å². The molecule has 0 spiro atoms. The highest BCUT2D eigenvalue weighted by molar-refractivity contribution is 7.25. The molecule has 0 amide bonds. The lowest BCUT2D eigenvalue weighted by Crippen LogP contribution is -2.10. The number of rotatable bonds is 5. The lowest BCUT2D eigenvalue weighted by atomic mass is 9.98. The quantitative estimate of drug-likeness (QED) is 0.176. The third-order valence-electron chi connectivity index (χ3n) is 11.3. The van der Waals surface area contributed by atoms with E-state index in [0.717, 1.165) is 55.8 Å². The van der Waals surface area contributed by atoms with Gasteiger partial charge in [-0.25, -0.2) is 0 Å². The Morgan fingerprint density at radius 2 is 1.14 bits per heavy atom. The second kappa shape index (κ2) is 12.2. The number of anilines is 3. The Balaban J connectivity index is 1.14. The monoisotopic (exact) mass is 732 g/mol. The zero-order valence-corrected chi connectivity index (χ0v) is 31.0. The molecule has 9 aromatic carbocycles. The lowest BCUT2D eigenvalue weighted by molar-refractivity contribution is 0.669. The summed E-state index contributed by atoms with van der Waals surface area (Å²) < 4.78 is 11.8. The molecular formula is C52H32N2OS. The lowest BCUT2D eigenvalue weighted by Gasteiger charge is -2.26.